The molecule has 0 aliphatic carbocycles. The molecule has 1 heterocycles. The van der Waals surface area contributed by atoms with Gasteiger partial charge in [-0.3, -0.25) is 9.78 Å². The van der Waals surface area contributed by atoms with Gasteiger partial charge in [-0.05, 0) is 30.3 Å². The average molecular weight is 278 g/mol. The third kappa shape index (κ3) is 3.00. The quantitative estimate of drug-likeness (QED) is 0.774. The Morgan fingerprint density at radius 2 is 1.90 bits per heavy atom. The van der Waals surface area contributed by atoms with Crippen LogP contribution in [0.3, 0.4) is 0 Å². The van der Waals surface area contributed by atoms with Crippen molar-refractivity contribution in [2.24, 2.45) is 0 Å². The number of benzene rings is 2. The molecule has 104 valence electrons. The topological polar surface area (TPSA) is 62.2 Å². The standard InChI is InChI=1S/C17H14N2O2/c20-15-6-3-5-13(10-15)17(21)18-11-14-9-8-12-4-1-2-7-16(12)19-14/h1-10,20H,11H2,(H,18,21). The Morgan fingerprint density at radius 3 is 2.76 bits per heavy atom. The van der Waals surface area contributed by atoms with Crippen LogP contribution in [0.4, 0.5) is 0 Å². The van der Waals surface area contributed by atoms with Gasteiger partial charge < -0.3 is 10.4 Å². The van der Waals surface area contributed by atoms with Crippen LogP contribution in [0.1, 0.15) is 16.1 Å². The third-order valence-corrected chi connectivity index (χ3v) is 3.19. The number of nitrogens with zero attached hydrogens (tertiary/aromatic N) is 1. The van der Waals surface area contributed by atoms with Crippen molar-refractivity contribution in [3.63, 3.8) is 0 Å². The number of para-hydroxylation sites is 1. The highest BCUT2D eigenvalue weighted by atomic mass is 16.3. The maximum atomic E-state index is 12.0. The van der Waals surface area contributed by atoms with Crippen molar-refractivity contribution >= 4 is 16.8 Å². The summed E-state index contributed by atoms with van der Waals surface area (Å²) in [7, 11) is 0. The van der Waals surface area contributed by atoms with E-state index < -0.39 is 0 Å². The number of aromatic hydroxyl groups is 1. The number of fused-ring (bicyclic) bond motifs is 1. The normalized spacial score (nSPS) is 10.5. The second-order valence-electron chi connectivity index (χ2n) is 4.73. The number of phenolic OH excluding ortho intramolecular Hbond substituents is 1. The predicted molar refractivity (Wildman–Crippen MR) is 81.0 cm³/mol. The van der Waals surface area contributed by atoms with Crippen LogP contribution in [0.5, 0.6) is 5.75 Å². The molecule has 3 aromatic rings. The van der Waals surface area contributed by atoms with Crippen molar-refractivity contribution in [1.82, 2.24) is 10.3 Å². The number of rotatable bonds is 3. The lowest BCUT2D eigenvalue weighted by Crippen LogP contribution is -2.23. The highest BCUT2D eigenvalue weighted by molar-refractivity contribution is 5.94. The van der Waals surface area contributed by atoms with Crippen LogP contribution in [0.15, 0.2) is 60.7 Å². The summed E-state index contributed by atoms with van der Waals surface area (Å²) in [6.07, 6.45) is 0. The molecule has 0 saturated heterocycles. The van der Waals surface area contributed by atoms with Gasteiger partial charge in [0, 0.05) is 10.9 Å². The van der Waals surface area contributed by atoms with Gasteiger partial charge in [-0.15, -0.1) is 0 Å². The molecule has 2 aromatic carbocycles. The van der Waals surface area contributed by atoms with Crippen molar-refractivity contribution < 1.29 is 9.90 Å². The lowest BCUT2D eigenvalue weighted by molar-refractivity contribution is 0.0950. The van der Waals surface area contributed by atoms with Crippen molar-refractivity contribution in [1.29, 1.82) is 0 Å². The molecule has 0 radical (unpaired) electrons. The highest BCUT2D eigenvalue weighted by Gasteiger charge is 2.06. The van der Waals surface area contributed by atoms with Gasteiger partial charge in [0.1, 0.15) is 5.75 Å². The first-order chi connectivity index (χ1) is 10.2. The number of nitrogens with one attached hydrogen (secondary N) is 1. The van der Waals surface area contributed by atoms with Gasteiger partial charge in [-0.2, -0.15) is 0 Å². The fourth-order valence-electron chi connectivity index (χ4n) is 2.13. The molecule has 0 aliphatic heterocycles. The largest absolute Gasteiger partial charge is 0.508 e. The summed E-state index contributed by atoms with van der Waals surface area (Å²) in [5, 5.41) is 13.2. The highest BCUT2D eigenvalue weighted by Crippen LogP contribution is 2.13. The van der Waals surface area contributed by atoms with Crippen molar-refractivity contribution in [3.8, 4) is 5.75 Å². The van der Waals surface area contributed by atoms with Crippen molar-refractivity contribution in [2.45, 2.75) is 6.54 Å². The molecule has 0 spiro atoms. The monoisotopic (exact) mass is 278 g/mol. The fourth-order valence-corrected chi connectivity index (χ4v) is 2.13. The summed E-state index contributed by atoms with van der Waals surface area (Å²) in [5.41, 5.74) is 2.12. The summed E-state index contributed by atoms with van der Waals surface area (Å²) in [4.78, 5) is 16.5. The number of carbonyl (C=O) groups excluding carboxylic acids is 1. The van der Waals surface area contributed by atoms with Gasteiger partial charge in [0.25, 0.3) is 5.91 Å². The summed E-state index contributed by atoms with van der Waals surface area (Å²) >= 11 is 0. The van der Waals surface area contributed by atoms with Crippen LogP contribution < -0.4 is 5.32 Å². The molecular weight excluding hydrogens is 264 g/mol. The first-order valence-corrected chi connectivity index (χ1v) is 6.64. The van der Waals surface area contributed by atoms with Gasteiger partial charge in [-0.1, -0.05) is 30.3 Å². The van der Waals surface area contributed by atoms with E-state index in [-0.39, 0.29) is 11.7 Å². The van der Waals surface area contributed by atoms with E-state index in [1.807, 2.05) is 36.4 Å². The van der Waals surface area contributed by atoms with Crippen LogP contribution in [-0.4, -0.2) is 16.0 Å². The second kappa shape index (κ2) is 5.63. The number of amides is 1. The van der Waals surface area contributed by atoms with E-state index >= 15 is 0 Å². The molecule has 0 atom stereocenters. The summed E-state index contributed by atoms with van der Waals surface area (Å²) in [6.45, 7) is 0.347. The lowest BCUT2D eigenvalue weighted by atomic mass is 10.2. The van der Waals surface area contributed by atoms with Gasteiger partial charge in [0.15, 0.2) is 0 Å². The molecule has 0 unspecified atom stereocenters. The van der Waals surface area contributed by atoms with Gasteiger partial charge >= 0.3 is 0 Å². The lowest BCUT2D eigenvalue weighted by Gasteiger charge is -2.06. The molecule has 0 saturated carbocycles. The van der Waals surface area contributed by atoms with E-state index in [1.54, 1.807) is 12.1 Å². The molecule has 0 fully saturated rings. The predicted octanol–water partition coefficient (Wildman–Crippen LogP) is 2.87. The average Bonchev–Trinajstić information content (AvgIpc) is 2.52. The minimum atomic E-state index is -0.235. The number of aromatic nitrogens is 1. The summed E-state index contributed by atoms with van der Waals surface area (Å²) in [5.74, 6) is -0.160. The van der Waals surface area contributed by atoms with Crippen LogP contribution in [0, 0.1) is 0 Å². The molecule has 4 nitrogen and oxygen atoms in total. The van der Waals surface area contributed by atoms with Crippen molar-refractivity contribution in [3.05, 3.63) is 71.9 Å². The third-order valence-electron chi connectivity index (χ3n) is 3.19. The molecule has 21 heavy (non-hydrogen) atoms. The van der Waals surface area contributed by atoms with Crippen LogP contribution in [-0.2, 0) is 6.54 Å². The smallest absolute Gasteiger partial charge is 0.251 e. The number of phenols is 1. The number of pyridine rings is 1. The zero-order valence-corrected chi connectivity index (χ0v) is 11.3. The number of carbonyl (C=O) groups is 1. The maximum Gasteiger partial charge on any atom is 0.251 e. The SMILES string of the molecule is O=C(NCc1ccc2ccccc2n1)c1cccc(O)c1. The van der Waals surface area contributed by atoms with E-state index in [2.05, 4.69) is 10.3 Å². The molecule has 1 aromatic heterocycles. The van der Waals surface area contributed by atoms with E-state index in [1.165, 1.54) is 12.1 Å². The fraction of sp³-hybridized carbons (Fsp3) is 0.0588. The van der Waals surface area contributed by atoms with E-state index in [9.17, 15) is 9.90 Å². The van der Waals surface area contributed by atoms with E-state index in [0.717, 1.165) is 16.6 Å². The molecule has 2 N–H and O–H groups in total. The Balaban J connectivity index is 1.72. The number of hydrogen-bond donors (Lipinski definition) is 2. The van der Waals surface area contributed by atoms with Gasteiger partial charge in [0.05, 0.1) is 17.8 Å². The van der Waals surface area contributed by atoms with Crippen LogP contribution >= 0.6 is 0 Å². The van der Waals surface area contributed by atoms with Crippen LogP contribution in [0.25, 0.3) is 10.9 Å². The maximum absolute atomic E-state index is 12.0. The van der Waals surface area contributed by atoms with Crippen LogP contribution in [0.2, 0.25) is 0 Å². The van der Waals surface area contributed by atoms with Gasteiger partial charge in [-0.25, -0.2) is 0 Å². The number of hydrogen-bond acceptors (Lipinski definition) is 3. The molecular formula is C17H14N2O2. The van der Waals surface area contributed by atoms with E-state index in [4.69, 9.17) is 0 Å². The second-order valence-corrected chi connectivity index (χ2v) is 4.73. The molecule has 1 amide bonds. The summed E-state index contributed by atoms with van der Waals surface area (Å²) < 4.78 is 0. The molecule has 0 bridgehead atoms. The molecule has 0 aliphatic rings. The van der Waals surface area contributed by atoms with Gasteiger partial charge in [0.2, 0.25) is 0 Å². The zero-order chi connectivity index (χ0) is 14.7. The Morgan fingerprint density at radius 1 is 1.05 bits per heavy atom. The van der Waals surface area contributed by atoms with E-state index in [0.29, 0.717) is 12.1 Å². The Hall–Kier alpha value is -2.88. The molecule has 4 heteroatoms. The summed E-state index contributed by atoms with van der Waals surface area (Å²) in [6, 6.07) is 18.0. The van der Waals surface area contributed by atoms with Crippen molar-refractivity contribution in [2.75, 3.05) is 0 Å². The Bertz CT molecular complexity index is 799. The minimum absolute atomic E-state index is 0.0754. The molecule has 3 rings (SSSR count). The Kier molecular flexibility index (Phi) is 3.51. The Labute approximate surface area is 122 Å². The minimum Gasteiger partial charge on any atom is -0.508 e. The first-order valence-electron chi connectivity index (χ1n) is 6.64. The first kappa shape index (κ1) is 13.1. The zero-order valence-electron chi connectivity index (χ0n) is 11.3.